The van der Waals surface area contributed by atoms with E-state index in [2.05, 4.69) is 5.32 Å². The largest absolute Gasteiger partial charge is 0.508 e. The number of nitrogens with one attached hydrogen (secondary N) is 1. The van der Waals surface area contributed by atoms with Crippen molar-refractivity contribution in [1.82, 2.24) is 4.90 Å². The summed E-state index contributed by atoms with van der Waals surface area (Å²) in [6.07, 6.45) is -0.443. The number of aromatic hydroxyl groups is 1. The number of hydrogen-bond donors (Lipinski definition) is 6. The molecule has 3 aliphatic carbocycles. The zero-order valence-electron chi connectivity index (χ0n) is 24.7. The highest BCUT2D eigenvalue weighted by molar-refractivity contribution is 6.24. The van der Waals surface area contributed by atoms with Crippen LogP contribution in [0.1, 0.15) is 31.4 Å². The number of phenols is 1. The van der Waals surface area contributed by atoms with Crippen LogP contribution in [0.3, 0.4) is 0 Å². The van der Waals surface area contributed by atoms with Crippen molar-refractivity contribution >= 4 is 35.0 Å². The molecule has 0 aliphatic heterocycles. The highest BCUT2D eigenvalue weighted by Gasteiger charge is 2.64. The summed E-state index contributed by atoms with van der Waals surface area (Å²) in [5, 5.41) is 47.7. The van der Waals surface area contributed by atoms with Crippen molar-refractivity contribution < 1.29 is 44.3 Å². The molecule has 2 aromatic rings. The number of rotatable bonds is 6. The van der Waals surface area contributed by atoms with Crippen LogP contribution in [0.2, 0.25) is 0 Å². The van der Waals surface area contributed by atoms with Gasteiger partial charge in [0, 0.05) is 17.2 Å². The van der Waals surface area contributed by atoms with Crippen LogP contribution >= 0.6 is 0 Å². The van der Waals surface area contributed by atoms with E-state index in [1.807, 2.05) is 13.8 Å². The van der Waals surface area contributed by atoms with E-state index in [1.165, 1.54) is 11.0 Å². The number of ketones is 2. The number of ether oxygens (including phenoxy) is 1. The average molecular weight is 606 g/mol. The fourth-order valence-electron chi connectivity index (χ4n) is 6.64. The third-order valence-corrected chi connectivity index (χ3v) is 8.59. The maximum Gasteiger partial charge on any atom is 0.411 e. The number of amides is 2. The molecule has 2 amide bonds. The van der Waals surface area contributed by atoms with Crippen LogP contribution in [-0.2, 0) is 25.5 Å². The Hall–Kier alpha value is -4.68. The summed E-state index contributed by atoms with van der Waals surface area (Å²) >= 11 is 0. The molecule has 12 nitrogen and oxygen atoms in total. The highest BCUT2D eigenvalue weighted by atomic mass is 16.5. The predicted octanol–water partition coefficient (Wildman–Crippen LogP) is 2.84. The fraction of sp³-hybridized carbons (Fsp3) is 0.375. The lowest BCUT2D eigenvalue weighted by molar-refractivity contribution is -0.153. The molecule has 5 rings (SSSR count). The van der Waals surface area contributed by atoms with Crippen LogP contribution in [-0.4, -0.2) is 81.2 Å². The van der Waals surface area contributed by atoms with Gasteiger partial charge in [0.05, 0.1) is 18.2 Å². The number of anilines is 1. The quantitative estimate of drug-likeness (QED) is 0.266. The van der Waals surface area contributed by atoms with Crippen LogP contribution in [0.4, 0.5) is 10.5 Å². The zero-order chi connectivity index (χ0) is 32.2. The summed E-state index contributed by atoms with van der Waals surface area (Å²) < 4.78 is 5.16. The molecule has 4 atom stereocenters. The molecule has 44 heavy (non-hydrogen) atoms. The molecule has 0 spiro atoms. The van der Waals surface area contributed by atoms with Crippen LogP contribution in [0.25, 0.3) is 16.9 Å². The molecule has 0 unspecified atom stereocenters. The molecule has 0 heterocycles. The summed E-state index contributed by atoms with van der Waals surface area (Å²) in [5.74, 6) is -6.84. The van der Waals surface area contributed by atoms with Gasteiger partial charge in [0.15, 0.2) is 11.4 Å². The van der Waals surface area contributed by atoms with Crippen LogP contribution < -0.4 is 11.1 Å². The number of benzene rings is 2. The number of hydrogen-bond acceptors (Lipinski definition) is 10. The normalized spacial score (nSPS) is 24.7. The van der Waals surface area contributed by atoms with E-state index < -0.39 is 64.1 Å². The Bertz CT molecular complexity index is 1640. The lowest BCUT2D eigenvalue weighted by atomic mass is 9.57. The van der Waals surface area contributed by atoms with Gasteiger partial charge < -0.3 is 30.9 Å². The van der Waals surface area contributed by atoms with E-state index in [4.69, 9.17) is 10.5 Å². The minimum absolute atomic E-state index is 0.00162. The molecule has 0 aromatic heterocycles. The van der Waals surface area contributed by atoms with E-state index in [-0.39, 0.29) is 42.3 Å². The Labute approximate surface area is 253 Å². The van der Waals surface area contributed by atoms with Crippen molar-refractivity contribution in [2.24, 2.45) is 23.5 Å². The van der Waals surface area contributed by atoms with E-state index in [1.54, 1.807) is 44.4 Å². The lowest BCUT2D eigenvalue weighted by Crippen LogP contribution is -2.65. The average Bonchev–Trinajstić information content (AvgIpc) is 2.94. The minimum Gasteiger partial charge on any atom is -0.508 e. The van der Waals surface area contributed by atoms with E-state index in [0.29, 0.717) is 22.4 Å². The number of primary amides is 1. The van der Waals surface area contributed by atoms with Gasteiger partial charge in [-0.2, -0.15) is 0 Å². The number of Topliss-reactive ketones (excluding diaryl/α,β-unsaturated/α-hetero) is 2. The van der Waals surface area contributed by atoms with Gasteiger partial charge in [0.25, 0.3) is 5.91 Å². The van der Waals surface area contributed by atoms with Gasteiger partial charge in [-0.15, -0.1) is 0 Å². The van der Waals surface area contributed by atoms with Crippen LogP contribution in [0.15, 0.2) is 53.3 Å². The van der Waals surface area contributed by atoms with Crippen molar-refractivity contribution in [2.75, 3.05) is 26.0 Å². The lowest BCUT2D eigenvalue weighted by Gasteiger charge is -2.50. The molecule has 2 aromatic carbocycles. The van der Waals surface area contributed by atoms with Gasteiger partial charge in [-0.1, -0.05) is 32.0 Å². The third-order valence-electron chi connectivity index (χ3n) is 8.59. The molecule has 0 saturated heterocycles. The molecule has 232 valence electrons. The number of nitrogens with two attached hydrogens (primary N) is 1. The number of carbonyl (C=O) groups excluding carboxylic acids is 4. The van der Waals surface area contributed by atoms with E-state index in [9.17, 15) is 39.6 Å². The fourth-order valence-corrected chi connectivity index (χ4v) is 6.64. The molecule has 7 N–H and O–H groups in total. The first-order valence-corrected chi connectivity index (χ1v) is 14.2. The molecule has 3 aliphatic rings. The Morgan fingerprint density at radius 3 is 2.34 bits per heavy atom. The van der Waals surface area contributed by atoms with Crippen LogP contribution in [0.5, 0.6) is 5.75 Å². The Morgan fingerprint density at radius 2 is 1.75 bits per heavy atom. The number of carbonyl (C=O) groups is 4. The van der Waals surface area contributed by atoms with Gasteiger partial charge >= 0.3 is 6.09 Å². The van der Waals surface area contributed by atoms with Gasteiger partial charge in [-0.3, -0.25) is 24.6 Å². The second kappa shape index (κ2) is 11.1. The maximum absolute atomic E-state index is 14.0. The topological polar surface area (TPSA) is 200 Å². The maximum atomic E-state index is 14.0. The SMILES string of the molecule is CC(C)COC(=O)Nc1ccc(-c2ccc(O)c3c2C[C@H]2C[C@H]4[C@H](N(C)C)C(=O)C(C(N)=O)=C(O)[C@@]4(O)C(=O)C2=C3O)cc1. The summed E-state index contributed by atoms with van der Waals surface area (Å²) in [7, 11) is 3.10. The van der Waals surface area contributed by atoms with Gasteiger partial charge in [-0.05, 0) is 73.7 Å². The third kappa shape index (κ3) is 4.80. The molecule has 0 bridgehead atoms. The van der Waals surface area contributed by atoms with Crippen LogP contribution in [0, 0.1) is 17.8 Å². The predicted molar refractivity (Wildman–Crippen MR) is 159 cm³/mol. The van der Waals surface area contributed by atoms with Crippen molar-refractivity contribution in [3.05, 3.63) is 64.4 Å². The van der Waals surface area contributed by atoms with Crippen molar-refractivity contribution in [2.45, 2.75) is 38.3 Å². The Morgan fingerprint density at radius 1 is 1.09 bits per heavy atom. The van der Waals surface area contributed by atoms with Gasteiger partial charge in [0.2, 0.25) is 5.78 Å². The highest BCUT2D eigenvalue weighted by Crippen LogP contribution is 2.53. The molecule has 1 fully saturated rings. The smallest absolute Gasteiger partial charge is 0.411 e. The van der Waals surface area contributed by atoms with E-state index in [0.717, 1.165) is 0 Å². The summed E-state index contributed by atoms with van der Waals surface area (Å²) in [5.41, 5.74) is 3.97. The first kappa shape index (κ1) is 30.8. The van der Waals surface area contributed by atoms with Gasteiger partial charge in [-0.25, -0.2) is 4.79 Å². The monoisotopic (exact) mass is 605 g/mol. The summed E-state index contributed by atoms with van der Waals surface area (Å²) in [6.45, 7) is 4.13. The molecular formula is C32H35N3O9. The second-order valence-electron chi connectivity index (χ2n) is 12.1. The van der Waals surface area contributed by atoms with Crippen molar-refractivity contribution in [3.63, 3.8) is 0 Å². The molecular weight excluding hydrogens is 570 g/mol. The first-order valence-electron chi connectivity index (χ1n) is 14.2. The Balaban J connectivity index is 1.57. The standard InChI is InChI=1S/C32H35N3O9/c1-14(2)13-44-31(42)34-17-7-5-15(6-8-17)18-9-10-21(36)23-19(18)11-16-12-20-25(35(3)4)27(38)24(30(33)41)29(40)32(20,43)28(39)22(16)26(23)37/h5-10,14,16,20,25,36-37,40,43H,11-13H2,1-4H3,(H2,33,41)(H,34,42)/t16-,20-,25-,32-/m0/s1. The molecule has 1 saturated carbocycles. The van der Waals surface area contributed by atoms with E-state index >= 15 is 0 Å². The molecule has 12 heteroatoms. The van der Waals surface area contributed by atoms with Crippen molar-refractivity contribution in [1.29, 1.82) is 0 Å². The number of phenolic OH excluding ortho intramolecular Hbond substituents is 1. The number of likely N-dealkylation sites (N-methyl/N-ethyl adjacent to an activating group) is 1. The molecule has 0 radical (unpaired) electrons. The Kier molecular flexibility index (Phi) is 7.77. The number of aliphatic hydroxyl groups excluding tert-OH is 2. The van der Waals surface area contributed by atoms with Crippen molar-refractivity contribution in [3.8, 4) is 16.9 Å². The number of fused-ring (bicyclic) bond motifs is 3. The number of nitrogens with zero attached hydrogens (tertiary/aromatic N) is 1. The zero-order valence-corrected chi connectivity index (χ0v) is 24.7. The first-order chi connectivity index (χ1) is 20.7. The summed E-state index contributed by atoms with van der Waals surface area (Å²) in [4.78, 5) is 52.9. The second-order valence-corrected chi connectivity index (χ2v) is 12.1. The number of aliphatic hydroxyl groups is 3. The minimum atomic E-state index is -2.70. The summed E-state index contributed by atoms with van der Waals surface area (Å²) in [6, 6.07) is 8.75. The van der Waals surface area contributed by atoms with Gasteiger partial charge in [0.1, 0.15) is 22.8 Å².